The van der Waals surface area contributed by atoms with Crippen molar-refractivity contribution in [3.63, 3.8) is 0 Å². The number of ether oxygens (including phenoxy) is 2. The smallest absolute Gasteiger partial charge is 0.123 e. The van der Waals surface area contributed by atoms with E-state index in [-0.39, 0.29) is 12.4 Å². The van der Waals surface area contributed by atoms with Gasteiger partial charge in [0, 0.05) is 18.0 Å². The fourth-order valence-corrected chi connectivity index (χ4v) is 1.78. The first kappa shape index (κ1) is 14.6. The van der Waals surface area contributed by atoms with Gasteiger partial charge >= 0.3 is 0 Å². The Labute approximate surface area is 109 Å². The van der Waals surface area contributed by atoms with Crippen LogP contribution in [0.15, 0.2) is 22.7 Å². The number of benzene rings is 1. The maximum absolute atomic E-state index is 13.0. The minimum Gasteiger partial charge on any atom is -0.390 e. The molecule has 0 bridgehead atoms. The third-order valence-electron chi connectivity index (χ3n) is 2.21. The highest BCUT2D eigenvalue weighted by Gasteiger charge is 2.09. The van der Waals surface area contributed by atoms with E-state index in [1.165, 1.54) is 12.1 Å². The standard InChI is InChI=1S/C12H16BrFO3/c1-16-4-5-17-8-11(15)7-9-6-10(14)2-3-12(9)13/h2-3,6,11,15H,4-5,7-8H2,1H3. The Morgan fingerprint density at radius 2 is 2.18 bits per heavy atom. The lowest BCUT2D eigenvalue weighted by atomic mass is 10.1. The number of hydrogen-bond acceptors (Lipinski definition) is 3. The summed E-state index contributed by atoms with van der Waals surface area (Å²) in [5, 5.41) is 9.71. The van der Waals surface area contributed by atoms with Crippen molar-refractivity contribution in [3.8, 4) is 0 Å². The van der Waals surface area contributed by atoms with E-state index in [9.17, 15) is 9.50 Å². The van der Waals surface area contributed by atoms with Gasteiger partial charge in [0.2, 0.25) is 0 Å². The molecule has 0 saturated carbocycles. The zero-order valence-corrected chi connectivity index (χ0v) is 11.2. The molecule has 0 aliphatic carbocycles. The maximum Gasteiger partial charge on any atom is 0.123 e. The fraction of sp³-hybridized carbons (Fsp3) is 0.500. The lowest BCUT2D eigenvalue weighted by Gasteiger charge is -2.12. The molecule has 3 nitrogen and oxygen atoms in total. The number of methoxy groups -OCH3 is 1. The largest absolute Gasteiger partial charge is 0.390 e. The van der Waals surface area contributed by atoms with Crippen LogP contribution in [-0.2, 0) is 15.9 Å². The number of aliphatic hydroxyl groups is 1. The molecule has 96 valence electrons. The molecule has 1 aromatic rings. The van der Waals surface area contributed by atoms with Gasteiger partial charge < -0.3 is 14.6 Å². The van der Waals surface area contributed by atoms with Gasteiger partial charge in [-0.2, -0.15) is 0 Å². The van der Waals surface area contributed by atoms with Crippen molar-refractivity contribution in [3.05, 3.63) is 34.1 Å². The van der Waals surface area contributed by atoms with Crippen molar-refractivity contribution >= 4 is 15.9 Å². The van der Waals surface area contributed by atoms with Crippen LogP contribution in [0.5, 0.6) is 0 Å². The summed E-state index contributed by atoms with van der Waals surface area (Å²) in [7, 11) is 1.59. The van der Waals surface area contributed by atoms with Crippen LogP contribution in [0.2, 0.25) is 0 Å². The Morgan fingerprint density at radius 3 is 2.88 bits per heavy atom. The second-order valence-corrected chi connectivity index (χ2v) is 4.52. The number of halogens is 2. The SMILES string of the molecule is COCCOCC(O)Cc1cc(F)ccc1Br. The zero-order valence-electron chi connectivity index (χ0n) is 9.66. The van der Waals surface area contributed by atoms with E-state index < -0.39 is 6.10 Å². The van der Waals surface area contributed by atoms with E-state index in [0.29, 0.717) is 19.6 Å². The molecule has 0 aliphatic heterocycles. The summed E-state index contributed by atoms with van der Waals surface area (Å²) in [5.74, 6) is -0.310. The van der Waals surface area contributed by atoms with Crippen LogP contribution in [0, 0.1) is 5.82 Å². The van der Waals surface area contributed by atoms with Crippen LogP contribution < -0.4 is 0 Å². The summed E-state index contributed by atoms with van der Waals surface area (Å²) < 4.78 is 23.8. The molecule has 0 saturated heterocycles. The predicted octanol–water partition coefficient (Wildman–Crippen LogP) is 2.15. The van der Waals surface area contributed by atoms with E-state index in [4.69, 9.17) is 9.47 Å². The van der Waals surface area contributed by atoms with E-state index in [0.717, 1.165) is 10.0 Å². The third-order valence-corrected chi connectivity index (χ3v) is 2.98. The quantitative estimate of drug-likeness (QED) is 0.785. The Hall–Kier alpha value is -0.490. The van der Waals surface area contributed by atoms with Crippen LogP contribution in [0.25, 0.3) is 0 Å². The van der Waals surface area contributed by atoms with Gasteiger partial charge in [-0.05, 0) is 23.8 Å². The van der Waals surface area contributed by atoms with Gasteiger partial charge in [-0.1, -0.05) is 15.9 Å². The predicted molar refractivity (Wildman–Crippen MR) is 66.5 cm³/mol. The highest BCUT2D eigenvalue weighted by Crippen LogP contribution is 2.19. The lowest BCUT2D eigenvalue weighted by molar-refractivity contribution is 0.0136. The maximum atomic E-state index is 13.0. The van der Waals surface area contributed by atoms with Gasteiger partial charge in [-0.3, -0.25) is 0 Å². The summed E-state index contributed by atoms with van der Waals surface area (Å²) >= 11 is 3.31. The molecule has 0 radical (unpaired) electrons. The molecule has 5 heteroatoms. The highest BCUT2D eigenvalue weighted by atomic mass is 79.9. The Kier molecular flexibility index (Phi) is 6.65. The Balaban J connectivity index is 2.39. The van der Waals surface area contributed by atoms with Gasteiger partial charge in [0.25, 0.3) is 0 Å². The van der Waals surface area contributed by atoms with E-state index in [1.807, 2.05) is 0 Å². The van der Waals surface area contributed by atoms with Crippen molar-refractivity contribution in [2.24, 2.45) is 0 Å². The first-order chi connectivity index (χ1) is 8.13. The van der Waals surface area contributed by atoms with Gasteiger partial charge in [-0.25, -0.2) is 4.39 Å². The summed E-state index contributed by atoms with van der Waals surface area (Å²) in [6, 6.07) is 4.40. The highest BCUT2D eigenvalue weighted by molar-refractivity contribution is 9.10. The van der Waals surface area contributed by atoms with Crippen molar-refractivity contribution in [1.29, 1.82) is 0 Å². The first-order valence-electron chi connectivity index (χ1n) is 5.32. The Morgan fingerprint density at radius 1 is 1.41 bits per heavy atom. The van der Waals surface area contributed by atoms with Crippen molar-refractivity contribution in [2.45, 2.75) is 12.5 Å². The normalized spacial score (nSPS) is 12.7. The molecule has 1 unspecified atom stereocenters. The third kappa shape index (κ3) is 5.59. The van der Waals surface area contributed by atoms with Gasteiger partial charge in [0.05, 0.1) is 25.9 Å². The molecule has 0 aliphatic rings. The molecule has 1 atom stereocenters. The molecule has 1 N–H and O–H groups in total. The molecule has 0 fully saturated rings. The molecule has 1 rings (SSSR count). The Bertz CT molecular complexity index is 347. The molecule has 0 aromatic heterocycles. The van der Waals surface area contributed by atoms with Gasteiger partial charge in [0.15, 0.2) is 0 Å². The molecule has 1 aromatic carbocycles. The molecule has 0 amide bonds. The fourth-order valence-electron chi connectivity index (χ4n) is 1.37. The summed E-state index contributed by atoms with van der Waals surface area (Å²) in [4.78, 5) is 0. The average Bonchev–Trinajstić information content (AvgIpc) is 2.29. The molecule has 0 spiro atoms. The van der Waals surface area contributed by atoms with Crippen molar-refractivity contribution in [1.82, 2.24) is 0 Å². The van der Waals surface area contributed by atoms with E-state index >= 15 is 0 Å². The van der Waals surface area contributed by atoms with Gasteiger partial charge in [0.1, 0.15) is 5.82 Å². The number of aliphatic hydroxyl groups excluding tert-OH is 1. The summed E-state index contributed by atoms with van der Waals surface area (Å²) in [6.07, 6.45) is -0.296. The first-order valence-corrected chi connectivity index (χ1v) is 6.11. The van der Waals surface area contributed by atoms with Crippen LogP contribution in [0.3, 0.4) is 0 Å². The van der Waals surface area contributed by atoms with Crippen LogP contribution in [0.1, 0.15) is 5.56 Å². The number of hydrogen-bond donors (Lipinski definition) is 1. The van der Waals surface area contributed by atoms with Crippen molar-refractivity contribution in [2.75, 3.05) is 26.9 Å². The second kappa shape index (κ2) is 7.76. The molecule has 0 heterocycles. The number of rotatable bonds is 7. The average molecular weight is 307 g/mol. The topological polar surface area (TPSA) is 38.7 Å². The minimum absolute atomic E-state index is 0.215. The van der Waals surface area contributed by atoms with Gasteiger partial charge in [-0.15, -0.1) is 0 Å². The minimum atomic E-state index is -0.648. The van der Waals surface area contributed by atoms with E-state index in [2.05, 4.69) is 15.9 Å². The monoisotopic (exact) mass is 306 g/mol. The lowest BCUT2D eigenvalue weighted by Crippen LogP contribution is -2.19. The van der Waals surface area contributed by atoms with Crippen molar-refractivity contribution < 1.29 is 19.0 Å². The second-order valence-electron chi connectivity index (χ2n) is 3.66. The van der Waals surface area contributed by atoms with Crippen LogP contribution in [-0.4, -0.2) is 38.1 Å². The van der Waals surface area contributed by atoms with Crippen LogP contribution >= 0.6 is 15.9 Å². The molecule has 17 heavy (non-hydrogen) atoms. The van der Waals surface area contributed by atoms with E-state index in [1.54, 1.807) is 13.2 Å². The summed E-state index contributed by atoms with van der Waals surface area (Å²) in [5.41, 5.74) is 0.729. The summed E-state index contributed by atoms with van der Waals surface area (Å²) in [6.45, 7) is 1.15. The molecular formula is C12H16BrFO3. The zero-order chi connectivity index (χ0) is 12.7. The molecular weight excluding hydrogens is 291 g/mol. The van der Waals surface area contributed by atoms with Crippen LogP contribution in [0.4, 0.5) is 4.39 Å².